The molecule has 0 aromatic heterocycles. The maximum absolute atomic E-state index is 12.6. The van der Waals surface area contributed by atoms with Crippen LogP contribution in [0.4, 0.5) is 0 Å². The van der Waals surface area contributed by atoms with Crippen molar-refractivity contribution in [2.24, 2.45) is 5.73 Å². The molecule has 0 saturated heterocycles. The third-order valence-corrected chi connectivity index (χ3v) is 4.01. The van der Waals surface area contributed by atoms with E-state index in [1.807, 2.05) is 0 Å². The molecule has 26 heavy (non-hydrogen) atoms. The van der Waals surface area contributed by atoms with E-state index in [1.54, 1.807) is 52.1 Å². The van der Waals surface area contributed by atoms with Gasteiger partial charge in [0, 0.05) is 5.70 Å². The highest BCUT2D eigenvalue weighted by Gasteiger charge is 2.38. The first-order valence-electron chi connectivity index (χ1n) is 8.40. The number of benzene rings is 1. The van der Waals surface area contributed by atoms with Crippen LogP contribution in [0.5, 0.6) is 5.75 Å². The van der Waals surface area contributed by atoms with E-state index in [4.69, 9.17) is 19.9 Å². The second kappa shape index (κ2) is 8.42. The molecule has 0 amide bonds. The number of esters is 2. The van der Waals surface area contributed by atoms with Crippen molar-refractivity contribution in [2.75, 3.05) is 20.3 Å². The monoisotopic (exact) mass is 360 g/mol. The van der Waals surface area contributed by atoms with Crippen molar-refractivity contribution in [2.45, 2.75) is 26.7 Å². The molecule has 1 aliphatic rings. The Hall–Kier alpha value is -2.96. The van der Waals surface area contributed by atoms with Crippen LogP contribution < -0.4 is 15.8 Å². The fourth-order valence-electron chi connectivity index (χ4n) is 2.92. The van der Waals surface area contributed by atoms with E-state index < -0.39 is 17.9 Å². The van der Waals surface area contributed by atoms with Gasteiger partial charge in [0.05, 0.1) is 37.4 Å². The van der Waals surface area contributed by atoms with Gasteiger partial charge in [0.1, 0.15) is 11.6 Å². The van der Waals surface area contributed by atoms with Crippen molar-refractivity contribution in [1.82, 2.24) is 5.32 Å². The molecule has 1 heterocycles. The number of ether oxygens (including phenoxy) is 3. The summed E-state index contributed by atoms with van der Waals surface area (Å²) in [6, 6.07) is 7.13. The predicted molar refractivity (Wildman–Crippen MR) is 96.1 cm³/mol. The van der Waals surface area contributed by atoms with E-state index in [-0.39, 0.29) is 24.6 Å². The lowest BCUT2D eigenvalue weighted by Gasteiger charge is -2.30. The molecule has 0 saturated carbocycles. The Morgan fingerprint density at radius 1 is 1.12 bits per heavy atom. The highest BCUT2D eigenvalue weighted by molar-refractivity contribution is 5.99. The number of allylic oxidation sites excluding steroid dienone is 1. The lowest BCUT2D eigenvalue weighted by atomic mass is 9.81. The van der Waals surface area contributed by atoms with Gasteiger partial charge in [-0.15, -0.1) is 0 Å². The Labute approximate surface area is 152 Å². The molecule has 0 radical (unpaired) electrons. The topological polar surface area (TPSA) is 99.9 Å². The van der Waals surface area contributed by atoms with Crippen molar-refractivity contribution in [3.63, 3.8) is 0 Å². The van der Waals surface area contributed by atoms with Gasteiger partial charge in [0.15, 0.2) is 0 Å². The standard InChI is InChI=1S/C19H24N2O5/c1-5-25-18(22)14-11(3)21-17(20)16(19(23)26-6-2)15(14)12-8-7-9-13(10-12)24-4/h7-10,15,21H,5-6,20H2,1-4H3. The van der Waals surface area contributed by atoms with Crippen molar-refractivity contribution in [1.29, 1.82) is 0 Å². The van der Waals surface area contributed by atoms with E-state index in [9.17, 15) is 9.59 Å². The minimum Gasteiger partial charge on any atom is -0.497 e. The van der Waals surface area contributed by atoms with Gasteiger partial charge in [-0.3, -0.25) is 0 Å². The molecule has 1 aromatic rings. The van der Waals surface area contributed by atoms with Crippen molar-refractivity contribution < 1.29 is 23.8 Å². The smallest absolute Gasteiger partial charge is 0.338 e. The molecule has 1 aliphatic heterocycles. The van der Waals surface area contributed by atoms with Crippen LogP contribution in [0.25, 0.3) is 0 Å². The number of nitrogens with one attached hydrogen (secondary N) is 1. The van der Waals surface area contributed by atoms with Crippen LogP contribution in [0.2, 0.25) is 0 Å². The predicted octanol–water partition coefficient (Wildman–Crippen LogP) is 1.95. The fourth-order valence-corrected chi connectivity index (χ4v) is 2.92. The molecule has 7 nitrogen and oxygen atoms in total. The van der Waals surface area contributed by atoms with Crippen molar-refractivity contribution in [3.05, 3.63) is 52.5 Å². The summed E-state index contributed by atoms with van der Waals surface area (Å²) in [6.45, 7) is 5.56. The lowest BCUT2D eigenvalue weighted by molar-refractivity contribution is -0.139. The minimum atomic E-state index is -0.718. The maximum Gasteiger partial charge on any atom is 0.338 e. The number of carbonyl (C=O) groups excluding carboxylic acids is 2. The maximum atomic E-state index is 12.6. The minimum absolute atomic E-state index is 0.154. The van der Waals surface area contributed by atoms with E-state index in [1.165, 1.54) is 0 Å². The van der Waals surface area contributed by atoms with Crippen LogP contribution in [0.15, 0.2) is 46.9 Å². The largest absolute Gasteiger partial charge is 0.497 e. The number of carbonyl (C=O) groups is 2. The van der Waals surface area contributed by atoms with Crippen LogP contribution in [-0.2, 0) is 19.1 Å². The zero-order valence-electron chi connectivity index (χ0n) is 15.4. The van der Waals surface area contributed by atoms with Crippen molar-refractivity contribution >= 4 is 11.9 Å². The third kappa shape index (κ3) is 3.82. The van der Waals surface area contributed by atoms with Gasteiger partial charge in [0.2, 0.25) is 0 Å². The molecule has 7 heteroatoms. The van der Waals surface area contributed by atoms with E-state index in [2.05, 4.69) is 5.32 Å². The summed E-state index contributed by atoms with van der Waals surface area (Å²) in [5.41, 5.74) is 7.79. The van der Waals surface area contributed by atoms with Gasteiger partial charge in [-0.1, -0.05) is 12.1 Å². The van der Waals surface area contributed by atoms with Crippen LogP contribution in [0, 0.1) is 0 Å². The molecule has 0 spiro atoms. The van der Waals surface area contributed by atoms with Crippen molar-refractivity contribution in [3.8, 4) is 5.75 Å². The molecular weight excluding hydrogens is 336 g/mol. The molecule has 1 aromatic carbocycles. The zero-order valence-corrected chi connectivity index (χ0v) is 15.4. The van der Waals surface area contributed by atoms with Gasteiger partial charge in [-0.05, 0) is 38.5 Å². The Balaban J connectivity index is 2.65. The lowest BCUT2D eigenvalue weighted by Crippen LogP contribution is -2.36. The SMILES string of the molecule is CCOC(=O)C1=C(C)NC(N)=C(C(=O)OCC)C1c1cccc(OC)c1. The number of dihydropyridines is 1. The molecule has 0 aliphatic carbocycles. The normalized spacial score (nSPS) is 16.8. The fraction of sp³-hybridized carbons (Fsp3) is 0.368. The quantitative estimate of drug-likeness (QED) is 0.748. The Morgan fingerprint density at radius 2 is 1.73 bits per heavy atom. The van der Waals surface area contributed by atoms with Gasteiger partial charge >= 0.3 is 11.9 Å². The molecule has 1 unspecified atom stereocenters. The molecule has 0 fully saturated rings. The Morgan fingerprint density at radius 3 is 2.31 bits per heavy atom. The average molecular weight is 360 g/mol. The van der Waals surface area contributed by atoms with E-state index in [0.717, 1.165) is 0 Å². The van der Waals surface area contributed by atoms with Crippen LogP contribution in [0.1, 0.15) is 32.3 Å². The van der Waals surface area contributed by atoms with Gasteiger partial charge < -0.3 is 25.3 Å². The summed E-state index contributed by atoms with van der Waals surface area (Å²) < 4.78 is 15.6. The van der Waals surface area contributed by atoms with Crippen LogP contribution >= 0.6 is 0 Å². The number of hydrogen-bond acceptors (Lipinski definition) is 7. The molecule has 140 valence electrons. The average Bonchev–Trinajstić information content (AvgIpc) is 2.61. The first-order valence-corrected chi connectivity index (χ1v) is 8.40. The molecular formula is C19H24N2O5. The second-order valence-electron chi connectivity index (χ2n) is 5.64. The summed E-state index contributed by atoms with van der Waals surface area (Å²) in [5.74, 6) is -1.06. The van der Waals surface area contributed by atoms with Crippen LogP contribution in [-0.4, -0.2) is 32.3 Å². The molecule has 3 N–H and O–H groups in total. The number of methoxy groups -OCH3 is 1. The molecule has 1 atom stereocenters. The summed E-state index contributed by atoms with van der Waals surface area (Å²) >= 11 is 0. The van der Waals surface area contributed by atoms with Gasteiger partial charge in [-0.25, -0.2) is 9.59 Å². The highest BCUT2D eigenvalue weighted by Crippen LogP contribution is 2.39. The molecule has 2 rings (SSSR count). The highest BCUT2D eigenvalue weighted by atomic mass is 16.5. The van der Waals surface area contributed by atoms with E-state index in [0.29, 0.717) is 22.6 Å². The summed E-state index contributed by atoms with van der Waals surface area (Å²) in [7, 11) is 1.55. The van der Waals surface area contributed by atoms with E-state index >= 15 is 0 Å². The Bertz CT molecular complexity index is 727. The summed E-state index contributed by atoms with van der Waals surface area (Å²) in [5, 5.41) is 2.89. The van der Waals surface area contributed by atoms with Gasteiger partial charge in [0.25, 0.3) is 0 Å². The number of hydrogen-bond donors (Lipinski definition) is 2. The Kier molecular flexibility index (Phi) is 6.27. The van der Waals surface area contributed by atoms with Gasteiger partial charge in [-0.2, -0.15) is 0 Å². The first-order chi connectivity index (χ1) is 12.4. The number of nitrogens with two attached hydrogens (primary N) is 1. The first kappa shape index (κ1) is 19.4. The molecule has 0 bridgehead atoms. The second-order valence-corrected chi connectivity index (χ2v) is 5.64. The zero-order chi connectivity index (χ0) is 19.3. The number of rotatable bonds is 6. The van der Waals surface area contributed by atoms with Crippen LogP contribution in [0.3, 0.4) is 0 Å². The third-order valence-electron chi connectivity index (χ3n) is 4.01. The summed E-state index contributed by atoms with van der Waals surface area (Å²) in [6.07, 6.45) is 0. The summed E-state index contributed by atoms with van der Waals surface area (Å²) in [4.78, 5) is 25.2.